The van der Waals surface area contributed by atoms with Crippen molar-refractivity contribution in [3.8, 4) is 45.3 Å². The first-order chi connectivity index (χ1) is 32.0. The highest BCUT2D eigenvalue weighted by Crippen LogP contribution is 2.27. The lowest BCUT2D eigenvalue weighted by molar-refractivity contribution is -0.130. The van der Waals surface area contributed by atoms with Gasteiger partial charge in [-0.2, -0.15) is 0 Å². The summed E-state index contributed by atoms with van der Waals surface area (Å²) >= 11 is 0. The Morgan fingerprint density at radius 2 is 0.697 bits per heavy atom. The maximum Gasteiger partial charge on any atom is 0.339 e. The van der Waals surface area contributed by atoms with E-state index in [1.807, 2.05) is 72.8 Å². The quantitative estimate of drug-likeness (QED) is 0.0205. The van der Waals surface area contributed by atoms with Gasteiger partial charge in [0.1, 0.15) is 23.0 Å². The first kappa shape index (κ1) is 50.0. The van der Waals surface area contributed by atoms with E-state index in [0.29, 0.717) is 49.1 Å². The lowest BCUT2D eigenvalue weighted by Gasteiger charge is -2.09. The number of nitrogens with zero attached hydrogens (tertiary/aromatic N) is 1. The Bertz CT molecular complexity index is 2170. The first-order valence-electron chi connectivity index (χ1n) is 22.8. The molecule has 66 heavy (non-hydrogen) atoms. The van der Waals surface area contributed by atoms with Crippen LogP contribution in [-0.4, -0.2) is 55.3 Å². The fraction of sp³-hybridized carbons (Fsp3) is 0.327. The van der Waals surface area contributed by atoms with Crippen molar-refractivity contribution in [2.24, 2.45) is 0 Å². The largest absolute Gasteiger partial charge is 0.494 e. The van der Waals surface area contributed by atoms with E-state index in [9.17, 15) is 19.2 Å². The minimum atomic E-state index is -0.505. The highest BCUT2D eigenvalue weighted by molar-refractivity contribution is 5.94. The van der Waals surface area contributed by atoms with Crippen molar-refractivity contribution in [1.82, 2.24) is 4.98 Å². The summed E-state index contributed by atoms with van der Waals surface area (Å²) < 4.78 is 33.3. The summed E-state index contributed by atoms with van der Waals surface area (Å²) in [7, 11) is 0. The molecule has 0 spiro atoms. The van der Waals surface area contributed by atoms with Crippen LogP contribution >= 0.6 is 0 Å². The van der Waals surface area contributed by atoms with Crippen molar-refractivity contribution >= 4 is 23.9 Å². The van der Waals surface area contributed by atoms with Gasteiger partial charge in [-0.1, -0.05) is 113 Å². The van der Waals surface area contributed by atoms with Gasteiger partial charge in [-0.05, 0) is 116 Å². The van der Waals surface area contributed by atoms with Crippen LogP contribution in [0.1, 0.15) is 112 Å². The Morgan fingerprint density at radius 3 is 1.02 bits per heavy atom. The van der Waals surface area contributed by atoms with Gasteiger partial charge in [0.2, 0.25) is 0 Å². The zero-order valence-electron chi connectivity index (χ0n) is 38.2. The molecule has 0 bridgehead atoms. The summed E-state index contributed by atoms with van der Waals surface area (Å²) in [6.45, 7) is 12.3. The SMILES string of the molecule is C=C(C)C(=O)Oc1ccc(-c2ccc(OCCCCCCCCOC(=O)c3cncc(C(=O)OCCCCCCCCOc4ccc(-c5ccc(OC(=O)C(=C)C)cc5)cc4)c3)cc2)cc1. The normalized spacial score (nSPS) is 10.7. The highest BCUT2D eigenvalue weighted by Gasteiger charge is 2.14. The number of carbonyl (C=O) groups excluding carboxylic acids is 4. The van der Waals surface area contributed by atoms with Gasteiger partial charge < -0.3 is 28.4 Å². The van der Waals surface area contributed by atoms with E-state index in [-0.39, 0.29) is 11.1 Å². The zero-order chi connectivity index (χ0) is 46.9. The molecule has 0 unspecified atom stereocenters. The molecule has 0 saturated heterocycles. The maximum atomic E-state index is 12.6. The molecule has 0 radical (unpaired) electrons. The molecule has 0 aliphatic heterocycles. The molecule has 0 aliphatic rings. The molecule has 4 aromatic carbocycles. The molecule has 0 atom stereocenters. The van der Waals surface area contributed by atoms with Crippen molar-refractivity contribution in [3.05, 3.63) is 151 Å². The monoisotopic (exact) mass is 895 g/mol. The van der Waals surface area contributed by atoms with Crippen molar-refractivity contribution < 1.29 is 47.6 Å². The van der Waals surface area contributed by atoms with Crippen LogP contribution < -0.4 is 18.9 Å². The molecule has 11 heteroatoms. The van der Waals surface area contributed by atoms with Crippen molar-refractivity contribution in [2.45, 2.75) is 90.9 Å². The Kier molecular flexibility index (Phi) is 20.7. The Hall–Kier alpha value is -7.01. The average Bonchev–Trinajstić information content (AvgIpc) is 3.33. The standard InChI is InChI=1S/C55H61NO10/c1-40(2)52(57)65-50-29-21-44(22-30-50)42-17-25-48(26-18-42)61-33-13-9-5-7-11-15-35-63-54(59)46-37-47(39-56-38-46)55(60)64-36-16-12-8-6-10-14-34-62-49-27-19-43(20-28-49)45-23-31-51(32-24-45)66-53(58)41(3)4/h17-32,37-39H,1,3,5-16,33-36H2,2,4H3. The molecule has 11 nitrogen and oxygen atoms in total. The number of rotatable bonds is 28. The third-order valence-corrected chi connectivity index (χ3v) is 10.5. The molecule has 0 fully saturated rings. The second-order valence-electron chi connectivity index (χ2n) is 16.1. The van der Waals surface area contributed by atoms with E-state index >= 15 is 0 Å². The van der Waals surface area contributed by atoms with E-state index in [1.165, 1.54) is 18.5 Å². The molecule has 0 aliphatic carbocycles. The van der Waals surface area contributed by atoms with Crippen LogP contribution in [0.25, 0.3) is 22.3 Å². The lowest BCUT2D eigenvalue weighted by atomic mass is 10.1. The third-order valence-electron chi connectivity index (χ3n) is 10.5. The number of unbranched alkanes of at least 4 members (excludes halogenated alkanes) is 10. The first-order valence-corrected chi connectivity index (χ1v) is 22.8. The molecule has 1 heterocycles. The molecule has 5 aromatic rings. The van der Waals surface area contributed by atoms with Crippen LogP contribution in [0.3, 0.4) is 0 Å². The van der Waals surface area contributed by atoms with Crippen LogP contribution in [0.2, 0.25) is 0 Å². The van der Waals surface area contributed by atoms with Crippen LogP contribution in [0, 0.1) is 0 Å². The van der Waals surface area contributed by atoms with Gasteiger partial charge in [0.25, 0.3) is 0 Å². The smallest absolute Gasteiger partial charge is 0.339 e. The second kappa shape index (κ2) is 27.3. The number of pyridine rings is 1. The molecule has 1 aromatic heterocycles. The number of esters is 4. The van der Waals surface area contributed by atoms with Gasteiger partial charge in [-0.25, -0.2) is 19.2 Å². The number of hydrogen-bond donors (Lipinski definition) is 0. The molecule has 5 rings (SSSR count). The lowest BCUT2D eigenvalue weighted by Crippen LogP contribution is -2.11. The predicted molar refractivity (Wildman–Crippen MR) is 256 cm³/mol. The minimum absolute atomic E-state index is 0.227. The summed E-state index contributed by atoms with van der Waals surface area (Å²) in [6, 6.07) is 32.0. The van der Waals surface area contributed by atoms with E-state index in [1.54, 1.807) is 38.1 Å². The Labute approximate surface area is 388 Å². The number of hydrogen-bond acceptors (Lipinski definition) is 11. The van der Waals surface area contributed by atoms with Gasteiger partial charge in [0.05, 0.1) is 37.6 Å². The fourth-order valence-electron chi connectivity index (χ4n) is 6.67. The molecule has 0 saturated carbocycles. The van der Waals surface area contributed by atoms with Crippen LogP contribution in [-0.2, 0) is 19.1 Å². The summed E-state index contributed by atoms with van der Waals surface area (Å²) in [6.07, 6.45) is 14.4. The van der Waals surface area contributed by atoms with Gasteiger partial charge >= 0.3 is 23.9 Å². The van der Waals surface area contributed by atoms with E-state index in [4.69, 9.17) is 28.4 Å². The topological polar surface area (TPSA) is 137 Å². The summed E-state index contributed by atoms with van der Waals surface area (Å²) in [5, 5.41) is 0. The number of benzene rings is 4. The van der Waals surface area contributed by atoms with Gasteiger partial charge in [0.15, 0.2) is 0 Å². The molecular weight excluding hydrogens is 835 g/mol. The Morgan fingerprint density at radius 1 is 0.409 bits per heavy atom. The molecular formula is C55H61NO10. The van der Waals surface area contributed by atoms with E-state index < -0.39 is 23.9 Å². The third kappa shape index (κ3) is 17.5. The van der Waals surface area contributed by atoms with Crippen LogP contribution in [0.15, 0.2) is 140 Å². The van der Waals surface area contributed by atoms with Crippen molar-refractivity contribution in [3.63, 3.8) is 0 Å². The average molecular weight is 896 g/mol. The molecule has 0 N–H and O–H groups in total. The maximum absolute atomic E-state index is 12.6. The fourth-order valence-corrected chi connectivity index (χ4v) is 6.67. The molecule has 0 amide bonds. The van der Waals surface area contributed by atoms with Gasteiger partial charge in [-0.3, -0.25) is 4.98 Å². The summed E-state index contributed by atoms with van der Waals surface area (Å²) in [5.41, 5.74) is 5.25. The predicted octanol–water partition coefficient (Wildman–Crippen LogP) is 12.5. The van der Waals surface area contributed by atoms with E-state index in [2.05, 4.69) is 18.1 Å². The van der Waals surface area contributed by atoms with Crippen molar-refractivity contribution in [1.29, 1.82) is 0 Å². The van der Waals surface area contributed by atoms with E-state index in [0.717, 1.165) is 111 Å². The highest BCUT2D eigenvalue weighted by atomic mass is 16.5. The summed E-state index contributed by atoms with van der Waals surface area (Å²) in [5.74, 6) is 0.692. The minimum Gasteiger partial charge on any atom is -0.494 e. The number of carbonyl (C=O) groups is 4. The van der Waals surface area contributed by atoms with Crippen LogP contribution in [0.5, 0.6) is 23.0 Å². The second-order valence-corrected chi connectivity index (χ2v) is 16.1. The van der Waals surface area contributed by atoms with Crippen molar-refractivity contribution in [2.75, 3.05) is 26.4 Å². The Balaban J connectivity index is 0.834. The zero-order valence-corrected chi connectivity index (χ0v) is 38.2. The number of ether oxygens (including phenoxy) is 6. The summed E-state index contributed by atoms with van der Waals surface area (Å²) in [4.78, 5) is 52.8. The van der Waals surface area contributed by atoms with Gasteiger partial charge in [-0.15, -0.1) is 0 Å². The number of aromatic nitrogens is 1. The molecule has 346 valence electrons. The van der Waals surface area contributed by atoms with Crippen LogP contribution in [0.4, 0.5) is 0 Å². The van der Waals surface area contributed by atoms with Gasteiger partial charge in [0, 0.05) is 23.5 Å².